The molecule has 3 amide bonds. The number of aryl methyl sites for hydroxylation is 1. The fourth-order valence-corrected chi connectivity index (χ4v) is 4.81. The van der Waals surface area contributed by atoms with E-state index in [4.69, 9.17) is 11.5 Å². The Labute approximate surface area is 183 Å². The second-order valence-electron chi connectivity index (χ2n) is 7.11. The van der Waals surface area contributed by atoms with E-state index in [9.17, 15) is 9.59 Å². The fraction of sp³-hybridized carbons (Fsp3) is 0.300. The summed E-state index contributed by atoms with van der Waals surface area (Å²) >= 11 is 2.67. The van der Waals surface area contributed by atoms with E-state index in [1.807, 2.05) is 19.1 Å². The van der Waals surface area contributed by atoms with Gasteiger partial charge in [0.2, 0.25) is 5.91 Å². The van der Waals surface area contributed by atoms with Crippen LogP contribution in [-0.4, -0.2) is 38.9 Å². The predicted molar refractivity (Wildman–Crippen MR) is 122 cm³/mol. The van der Waals surface area contributed by atoms with Crippen molar-refractivity contribution in [2.75, 3.05) is 11.9 Å². The Bertz CT molecular complexity index is 1000. The number of pyridine rings is 1. The average Bonchev–Trinajstić information content (AvgIpc) is 3.30. The number of hydrogen-bond donors (Lipinski definition) is 3. The highest BCUT2D eigenvalue weighted by atomic mass is 32.2. The monoisotopic (exact) mass is 444 g/mol. The number of carbonyl (C=O) groups excluding carboxylic acids is 2. The molecule has 3 rings (SSSR count). The fourth-order valence-electron chi connectivity index (χ4n) is 3.21. The molecule has 0 saturated carbocycles. The zero-order valence-electron chi connectivity index (χ0n) is 16.8. The Morgan fingerprint density at radius 1 is 1.43 bits per heavy atom. The first-order valence-corrected chi connectivity index (χ1v) is 11.0. The topological polar surface area (TPSA) is 127 Å². The van der Waals surface area contributed by atoms with Gasteiger partial charge in [-0.15, -0.1) is 0 Å². The summed E-state index contributed by atoms with van der Waals surface area (Å²) in [5.41, 5.74) is 12.9. The molecule has 0 aromatic carbocycles. The van der Waals surface area contributed by atoms with Crippen molar-refractivity contribution in [2.45, 2.75) is 32.2 Å². The van der Waals surface area contributed by atoms with Gasteiger partial charge < -0.3 is 16.4 Å². The van der Waals surface area contributed by atoms with Crippen LogP contribution in [0.3, 0.4) is 0 Å². The first-order valence-electron chi connectivity index (χ1n) is 9.30. The SMILES string of the molecule is C=C(S/C=C(\N)c1sc(NC(=O)N2CCC[C@@]2(C)C(N)=O)nc1C)c1cccnc1. The summed E-state index contributed by atoms with van der Waals surface area (Å²) in [5.74, 6) is -0.510. The summed E-state index contributed by atoms with van der Waals surface area (Å²) in [6, 6.07) is 3.38. The highest BCUT2D eigenvalue weighted by molar-refractivity contribution is 8.11. The molecular weight excluding hydrogens is 420 g/mol. The number of carbonyl (C=O) groups is 2. The summed E-state index contributed by atoms with van der Waals surface area (Å²) in [4.78, 5) is 36.1. The van der Waals surface area contributed by atoms with Crippen LogP contribution in [0.4, 0.5) is 9.93 Å². The number of rotatable bonds is 6. The maximum atomic E-state index is 12.7. The van der Waals surface area contributed by atoms with E-state index in [0.717, 1.165) is 21.8 Å². The second-order valence-corrected chi connectivity index (χ2v) is 9.08. The number of nitrogens with one attached hydrogen (secondary N) is 1. The van der Waals surface area contributed by atoms with Crippen LogP contribution in [0.1, 0.15) is 35.9 Å². The second kappa shape index (κ2) is 8.88. The van der Waals surface area contributed by atoms with Gasteiger partial charge in [-0.3, -0.25) is 15.1 Å². The van der Waals surface area contributed by atoms with Gasteiger partial charge in [-0.05, 0) is 32.8 Å². The van der Waals surface area contributed by atoms with E-state index in [1.54, 1.807) is 24.7 Å². The molecule has 10 heteroatoms. The van der Waals surface area contributed by atoms with Crippen molar-refractivity contribution >= 4 is 50.8 Å². The van der Waals surface area contributed by atoms with Crippen molar-refractivity contribution in [3.63, 3.8) is 0 Å². The van der Waals surface area contributed by atoms with Gasteiger partial charge >= 0.3 is 6.03 Å². The van der Waals surface area contributed by atoms with Gasteiger partial charge in [0.25, 0.3) is 0 Å². The summed E-state index contributed by atoms with van der Waals surface area (Å²) < 4.78 is 0. The van der Waals surface area contributed by atoms with Crippen molar-refractivity contribution in [2.24, 2.45) is 11.5 Å². The standard InChI is InChI=1S/C20H24N6O2S2/c1-12-16(15(21)11-29-13(2)14-6-4-8-23-10-14)30-18(24-12)25-19(28)26-9-5-7-20(26,3)17(22)27/h4,6,8,10-11H,2,5,7,9,21H2,1,3H3,(H2,22,27)(H,24,25,28)/b15-11-/t20-/m0/s1. The van der Waals surface area contributed by atoms with E-state index in [-0.39, 0.29) is 0 Å². The van der Waals surface area contributed by atoms with Gasteiger partial charge in [-0.25, -0.2) is 9.78 Å². The number of anilines is 1. The number of likely N-dealkylation sites (tertiary alicyclic amines) is 1. The van der Waals surface area contributed by atoms with E-state index < -0.39 is 17.5 Å². The zero-order chi connectivity index (χ0) is 21.9. The molecule has 2 aromatic heterocycles. The Kier molecular flexibility index (Phi) is 6.47. The molecule has 158 valence electrons. The summed E-state index contributed by atoms with van der Waals surface area (Å²) in [5, 5.41) is 4.99. The number of hydrogen-bond acceptors (Lipinski definition) is 7. The molecular formula is C20H24N6O2S2. The van der Waals surface area contributed by atoms with Crippen molar-refractivity contribution in [1.29, 1.82) is 0 Å². The van der Waals surface area contributed by atoms with Gasteiger partial charge in [0.1, 0.15) is 5.54 Å². The molecule has 0 aliphatic carbocycles. The quantitative estimate of drug-likeness (QED) is 0.627. The van der Waals surface area contributed by atoms with Crippen LogP contribution in [-0.2, 0) is 4.79 Å². The van der Waals surface area contributed by atoms with E-state index >= 15 is 0 Å². The number of urea groups is 1. The molecule has 0 bridgehead atoms. The Hall–Kier alpha value is -2.85. The van der Waals surface area contributed by atoms with Crippen LogP contribution < -0.4 is 16.8 Å². The van der Waals surface area contributed by atoms with Crippen molar-refractivity contribution < 1.29 is 9.59 Å². The number of nitrogens with zero attached hydrogens (tertiary/aromatic N) is 3. The van der Waals surface area contributed by atoms with Crippen LogP contribution in [0.5, 0.6) is 0 Å². The third-order valence-electron chi connectivity index (χ3n) is 5.00. The highest BCUT2D eigenvalue weighted by Crippen LogP contribution is 2.33. The van der Waals surface area contributed by atoms with Gasteiger partial charge in [0.05, 0.1) is 16.3 Å². The molecule has 0 spiro atoms. The lowest BCUT2D eigenvalue weighted by atomic mass is 9.98. The minimum absolute atomic E-state index is 0.393. The zero-order valence-corrected chi connectivity index (χ0v) is 18.5. The lowest BCUT2D eigenvalue weighted by Gasteiger charge is -2.31. The lowest BCUT2D eigenvalue weighted by molar-refractivity contribution is -0.126. The van der Waals surface area contributed by atoms with Gasteiger partial charge in [-0.1, -0.05) is 35.7 Å². The molecule has 1 aliphatic rings. The normalized spacial score (nSPS) is 19.0. The predicted octanol–water partition coefficient (Wildman–Crippen LogP) is 3.38. The number of nitrogens with two attached hydrogens (primary N) is 2. The van der Waals surface area contributed by atoms with Gasteiger partial charge in [-0.2, -0.15) is 0 Å². The van der Waals surface area contributed by atoms with Crippen molar-refractivity contribution in [1.82, 2.24) is 14.9 Å². The molecule has 30 heavy (non-hydrogen) atoms. The number of thiazole rings is 1. The molecule has 3 heterocycles. The Morgan fingerprint density at radius 3 is 2.87 bits per heavy atom. The maximum Gasteiger partial charge on any atom is 0.324 e. The highest BCUT2D eigenvalue weighted by Gasteiger charge is 2.44. The third kappa shape index (κ3) is 4.49. The van der Waals surface area contributed by atoms with Crippen LogP contribution >= 0.6 is 23.1 Å². The molecule has 5 N–H and O–H groups in total. The van der Waals surface area contributed by atoms with Crippen LogP contribution in [0.2, 0.25) is 0 Å². The Morgan fingerprint density at radius 2 is 2.20 bits per heavy atom. The average molecular weight is 445 g/mol. The smallest absolute Gasteiger partial charge is 0.324 e. The molecule has 1 aliphatic heterocycles. The number of amides is 3. The van der Waals surface area contributed by atoms with Gasteiger partial charge in [0.15, 0.2) is 5.13 Å². The molecule has 1 saturated heterocycles. The summed E-state index contributed by atoms with van der Waals surface area (Å²) in [6.45, 7) is 8.02. The largest absolute Gasteiger partial charge is 0.397 e. The minimum Gasteiger partial charge on any atom is -0.397 e. The first-order chi connectivity index (χ1) is 14.2. The Balaban J connectivity index is 1.69. The molecule has 1 atom stereocenters. The minimum atomic E-state index is -0.985. The maximum absolute atomic E-state index is 12.7. The number of thioether (sulfide) groups is 1. The summed E-state index contributed by atoms with van der Waals surface area (Å²) in [6.07, 6.45) is 4.72. The molecule has 2 aromatic rings. The third-order valence-corrected chi connectivity index (χ3v) is 7.02. The van der Waals surface area contributed by atoms with E-state index in [2.05, 4.69) is 21.9 Å². The van der Waals surface area contributed by atoms with Crippen LogP contribution in [0, 0.1) is 6.92 Å². The van der Waals surface area contributed by atoms with E-state index in [0.29, 0.717) is 29.5 Å². The van der Waals surface area contributed by atoms with Crippen LogP contribution in [0.15, 0.2) is 36.5 Å². The van der Waals surface area contributed by atoms with Crippen LogP contribution in [0.25, 0.3) is 10.6 Å². The first kappa shape index (κ1) is 21.8. The lowest BCUT2D eigenvalue weighted by Crippen LogP contribution is -2.55. The molecule has 1 fully saturated rings. The number of aromatic nitrogens is 2. The van der Waals surface area contributed by atoms with Crippen molar-refractivity contribution in [3.05, 3.63) is 52.6 Å². The summed E-state index contributed by atoms with van der Waals surface area (Å²) in [7, 11) is 0. The molecule has 8 nitrogen and oxygen atoms in total. The van der Waals surface area contributed by atoms with Crippen molar-refractivity contribution in [3.8, 4) is 0 Å². The molecule has 0 radical (unpaired) electrons. The van der Waals surface area contributed by atoms with E-state index in [1.165, 1.54) is 28.0 Å². The molecule has 0 unspecified atom stereocenters. The van der Waals surface area contributed by atoms with Gasteiger partial charge in [0, 0.05) is 34.8 Å². The number of primary amides is 1.